The topological polar surface area (TPSA) is 47.3 Å². The van der Waals surface area contributed by atoms with Crippen molar-refractivity contribution in [2.45, 2.75) is 13.0 Å². The van der Waals surface area contributed by atoms with Crippen molar-refractivity contribution in [3.63, 3.8) is 0 Å². The van der Waals surface area contributed by atoms with E-state index in [0.29, 0.717) is 24.4 Å². The van der Waals surface area contributed by atoms with Crippen LogP contribution in [0, 0.1) is 5.82 Å². The summed E-state index contributed by atoms with van der Waals surface area (Å²) in [6.07, 6.45) is 0.901. The molecule has 15 heavy (non-hydrogen) atoms. The smallest absolute Gasteiger partial charge is 0.131 e. The molecule has 0 saturated heterocycles. The minimum absolute atomic E-state index is 0.241. The van der Waals surface area contributed by atoms with E-state index in [9.17, 15) is 4.39 Å². The molecule has 0 radical (unpaired) electrons. The minimum atomic E-state index is -0.241. The molecule has 0 spiro atoms. The largest absolute Gasteiger partial charge is 0.497 e. The van der Waals surface area contributed by atoms with Gasteiger partial charge in [-0.3, -0.25) is 0 Å². The summed E-state index contributed by atoms with van der Waals surface area (Å²) in [6, 6.07) is 4.87. The van der Waals surface area contributed by atoms with Crippen LogP contribution in [0.3, 0.4) is 0 Å². The molecule has 1 aromatic rings. The highest BCUT2D eigenvalue weighted by Crippen LogP contribution is 2.15. The Morgan fingerprint density at radius 1 is 1.47 bits per heavy atom. The molecule has 0 unspecified atom stereocenters. The fourth-order valence-electron chi connectivity index (χ4n) is 1.25. The normalized spacial score (nSPS) is 10.3. The Labute approximate surface area is 89.4 Å². The Balaban J connectivity index is 2.47. The lowest BCUT2D eigenvalue weighted by atomic mass is 10.2. The maximum Gasteiger partial charge on any atom is 0.131 e. The van der Waals surface area contributed by atoms with Crippen LogP contribution in [0.2, 0.25) is 0 Å². The zero-order chi connectivity index (χ0) is 11.1. The van der Waals surface area contributed by atoms with Gasteiger partial charge in [0.15, 0.2) is 0 Å². The van der Waals surface area contributed by atoms with Gasteiger partial charge in [0.25, 0.3) is 0 Å². The van der Waals surface area contributed by atoms with Gasteiger partial charge in [-0.05, 0) is 25.6 Å². The highest BCUT2D eigenvalue weighted by Gasteiger charge is 2.02. The van der Waals surface area contributed by atoms with Crippen LogP contribution in [-0.4, -0.2) is 20.2 Å². The van der Waals surface area contributed by atoms with Gasteiger partial charge >= 0.3 is 0 Å². The molecule has 1 rings (SSSR count). The molecular weight excluding hydrogens is 195 g/mol. The van der Waals surface area contributed by atoms with Gasteiger partial charge in [0.1, 0.15) is 11.6 Å². The summed E-state index contributed by atoms with van der Waals surface area (Å²) < 4.78 is 18.3. The second kappa shape index (κ2) is 6.37. The number of benzene rings is 1. The van der Waals surface area contributed by atoms with E-state index in [-0.39, 0.29) is 5.82 Å². The van der Waals surface area contributed by atoms with Gasteiger partial charge in [0.05, 0.1) is 7.11 Å². The number of ether oxygens (including phenoxy) is 1. The first-order valence-electron chi connectivity index (χ1n) is 5.01. The predicted octanol–water partition coefficient (Wildman–Crippen LogP) is 1.27. The molecule has 0 heterocycles. The van der Waals surface area contributed by atoms with Crippen molar-refractivity contribution in [2.75, 3.05) is 20.2 Å². The molecule has 0 aliphatic heterocycles. The molecule has 4 heteroatoms. The van der Waals surface area contributed by atoms with Gasteiger partial charge in [-0.15, -0.1) is 0 Å². The van der Waals surface area contributed by atoms with Crippen molar-refractivity contribution < 1.29 is 9.13 Å². The number of nitrogens with two attached hydrogens (primary N) is 1. The highest BCUT2D eigenvalue weighted by molar-refractivity contribution is 5.28. The number of nitrogens with one attached hydrogen (secondary N) is 1. The van der Waals surface area contributed by atoms with Crippen LogP contribution in [0.5, 0.6) is 5.75 Å². The fraction of sp³-hybridized carbons (Fsp3) is 0.455. The van der Waals surface area contributed by atoms with Crippen molar-refractivity contribution in [1.29, 1.82) is 0 Å². The lowest BCUT2D eigenvalue weighted by Crippen LogP contribution is -2.18. The van der Waals surface area contributed by atoms with Crippen LogP contribution in [0.1, 0.15) is 12.0 Å². The van der Waals surface area contributed by atoms with Crippen molar-refractivity contribution in [2.24, 2.45) is 5.73 Å². The molecule has 1 aromatic carbocycles. The van der Waals surface area contributed by atoms with Crippen LogP contribution in [0.15, 0.2) is 18.2 Å². The maximum absolute atomic E-state index is 13.4. The second-order valence-corrected chi connectivity index (χ2v) is 3.28. The molecule has 3 nitrogen and oxygen atoms in total. The molecule has 0 saturated carbocycles. The van der Waals surface area contributed by atoms with Crippen LogP contribution in [0.4, 0.5) is 4.39 Å². The summed E-state index contributed by atoms with van der Waals surface area (Å²) in [4.78, 5) is 0. The summed E-state index contributed by atoms with van der Waals surface area (Å²) in [5.74, 6) is 0.299. The van der Waals surface area contributed by atoms with Gasteiger partial charge in [0, 0.05) is 18.2 Å². The summed E-state index contributed by atoms with van der Waals surface area (Å²) >= 11 is 0. The summed E-state index contributed by atoms with van der Waals surface area (Å²) in [5, 5.41) is 3.12. The molecule has 0 amide bonds. The average molecular weight is 212 g/mol. The van der Waals surface area contributed by atoms with Crippen molar-refractivity contribution in [1.82, 2.24) is 5.32 Å². The lowest BCUT2D eigenvalue weighted by molar-refractivity contribution is 0.410. The van der Waals surface area contributed by atoms with Crippen LogP contribution >= 0.6 is 0 Å². The standard InChI is InChI=1S/C11H17FN2O/c1-15-10-4-3-9(11(12)7-10)8-14-6-2-5-13/h3-4,7,14H,2,5-6,8,13H2,1H3. The third kappa shape index (κ3) is 3.85. The zero-order valence-corrected chi connectivity index (χ0v) is 8.92. The molecular formula is C11H17FN2O. The van der Waals surface area contributed by atoms with Crippen LogP contribution < -0.4 is 15.8 Å². The summed E-state index contributed by atoms with van der Waals surface area (Å²) in [5.41, 5.74) is 5.99. The molecule has 3 N–H and O–H groups in total. The molecule has 0 fully saturated rings. The van der Waals surface area contributed by atoms with Crippen molar-refractivity contribution in [3.8, 4) is 5.75 Å². The second-order valence-electron chi connectivity index (χ2n) is 3.28. The van der Waals surface area contributed by atoms with Gasteiger partial charge in [0.2, 0.25) is 0 Å². The predicted molar refractivity (Wildman–Crippen MR) is 58.3 cm³/mol. The number of hydrogen-bond donors (Lipinski definition) is 2. The molecule has 0 aliphatic rings. The minimum Gasteiger partial charge on any atom is -0.497 e. The monoisotopic (exact) mass is 212 g/mol. The van der Waals surface area contributed by atoms with Gasteiger partial charge in [-0.1, -0.05) is 6.07 Å². The first kappa shape index (κ1) is 11.9. The van der Waals surface area contributed by atoms with Gasteiger partial charge in [-0.25, -0.2) is 4.39 Å². The summed E-state index contributed by atoms with van der Waals surface area (Å²) in [7, 11) is 1.52. The highest BCUT2D eigenvalue weighted by atomic mass is 19.1. The Kier molecular flexibility index (Phi) is 5.07. The van der Waals surface area contributed by atoms with E-state index >= 15 is 0 Å². The fourth-order valence-corrected chi connectivity index (χ4v) is 1.25. The van der Waals surface area contributed by atoms with E-state index in [1.807, 2.05) is 0 Å². The van der Waals surface area contributed by atoms with Gasteiger partial charge in [-0.2, -0.15) is 0 Å². The number of rotatable bonds is 6. The van der Waals surface area contributed by atoms with Crippen molar-refractivity contribution in [3.05, 3.63) is 29.6 Å². The van der Waals surface area contributed by atoms with E-state index < -0.39 is 0 Å². The zero-order valence-electron chi connectivity index (χ0n) is 8.92. The molecule has 0 atom stereocenters. The molecule has 0 aromatic heterocycles. The van der Waals surface area contributed by atoms with E-state index in [4.69, 9.17) is 10.5 Å². The van der Waals surface area contributed by atoms with E-state index in [2.05, 4.69) is 5.32 Å². The van der Waals surface area contributed by atoms with Gasteiger partial charge < -0.3 is 15.8 Å². The number of methoxy groups -OCH3 is 1. The first-order chi connectivity index (χ1) is 7.27. The van der Waals surface area contributed by atoms with E-state index in [1.165, 1.54) is 13.2 Å². The Bertz CT molecular complexity index is 305. The molecule has 84 valence electrons. The Morgan fingerprint density at radius 2 is 2.27 bits per heavy atom. The first-order valence-corrected chi connectivity index (χ1v) is 5.01. The molecule has 0 bridgehead atoms. The van der Waals surface area contributed by atoms with E-state index in [1.54, 1.807) is 12.1 Å². The van der Waals surface area contributed by atoms with E-state index in [0.717, 1.165) is 13.0 Å². The van der Waals surface area contributed by atoms with Crippen molar-refractivity contribution >= 4 is 0 Å². The number of halogens is 1. The lowest BCUT2D eigenvalue weighted by Gasteiger charge is -2.06. The third-order valence-electron chi connectivity index (χ3n) is 2.13. The third-order valence-corrected chi connectivity index (χ3v) is 2.13. The van der Waals surface area contributed by atoms with Crippen LogP contribution in [-0.2, 0) is 6.54 Å². The average Bonchev–Trinajstić information content (AvgIpc) is 2.26. The van der Waals surface area contributed by atoms with Crippen LogP contribution in [0.25, 0.3) is 0 Å². The Hall–Kier alpha value is -1.13. The molecule has 0 aliphatic carbocycles. The number of hydrogen-bond acceptors (Lipinski definition) is 3. The summed E-state index contributed by atoms with van der Waals surface area (Å²) in [6.45, 7) is 1.98. The maximum atomic E-state index is 13.4. The quantitative estimate of drug-likeness (QED) is 0.698. The Morgan fingerprint density at radius 3 is 2.87 bits per heavy atom. The SMILES string of the molecule is COc1ccc(CNCCCN)c(F)c1.